The Labute approximate surface area is 167 Å². The number of rotatable bonds is 4. The van der Waals surface area contributed by atoms with Gasteiger partial charge in [-0.05, 0) is 36.6 Å². The Morgan fingerprint density at radius 1 is 1.00 bits per heavy atom. The zero-order valence-electron chi connectivity index (χ0n) is 14.5. The van der Waals surface area contributed by atoms with E-state index in [1.807, 2.05) is 24.3 Å². The number of aliphatic hydroxyl groups is 1. The lowest BCUT2D eigenvalue weighted by Crippen LogP contribution is -2.55. The van der Waals surface area contributed by atoms with Crippen LogP contribution < -0.4 is 0 Å². The van der Waals surface area contributed by atoms with E-state index in [0.717, 1.165) is 41.4 Å². The molecule has 1 N–H and O–H groups in total. The molecule has 2 unspecified atom stereocenters. The van der Waals surface area contributed by atoms with E-state index in [-0.39, 0.29) is 0 Å². The summed E-state index contributed by atoms with van der Waals surface area (Å²) in [6, 6.07) is 9.16. The lowest BCUT2D eigenvalue weighted by atomic mass is 9.79. The van der Waals surface area contributed by atoms with Crippen molar-refractivity contribution in [3.63, 3.8) is 0 Å². The maximum atomic E-state index is 11.8. The van der Waals surface area contributed by atoms with E-state index in [9.17, 15) is 5.11 Å². The summed E-state index contributed by atoms with van der Waals surface area (Å²) in [6.45, 7) is 0. The van der Waals surface area contributed by atoms with E-state index in [0.29, 0.717) is 5.92 Å². The van der Waals surface area contributed by atoms with Crippen molar-refractivity contribution in [2.75, 3.05) is 14.1 Å². The molecule has 0 aliphatic carbocycles. The molecule has 2 nitrogen and oxygen atoms in total. The third kappa shape index (κ3) is 3.19. The molecule has 6 heteroatoms. The summed E-state index contributed by atoms with van der Waals surface area (Å²) in [5.74, 6) is 0.537. The molecule has 2 aromatic rings. The van der Waals surface area contributed by atoms with Gasteiger partial charge in [-0.15, -0.1) is 22.7 Å². The number of halogens is 2. The second-order valence-corrected chi connectivity index (χ2v) is 11.6. The fraction of sp³-hybridized carbons (Fsp3) is 0.579. The summed E-state index contributed by atoms with van der Waals surface area (Å²) in [5, 5.41) is 11.8. The molecule has 2 aromatic heterocycles. The fourth-order valence-electron chi connectivity index (χ4n) is 4.97. The highest BCUT2D eigenvalue weighted by atomic mass is 35.5. The third-order valence-corrected chi connectivity index (χ3v) is 9.24. The van der Waals surface area contributed by atoms with Gasteiger partial charge in [0.25, 0.3) is 0 Å². The fourth-order valence-corrected chi connectivity index (χ4v) is 7.35. The SMILES string of the molecule is C[N+]1(C)C2CCC1CC(CC(O)(c1ccc(Cl)s1)c1ccc(Cl)s1)C2. The molecule has 2 aliphatic rings. The van der Waals surface area contributed by atoms with Gasteiger partial charge in [0.1, 0.15) is 5.60 Å². The lowest BCUT2D eigenvalue weighted by Gasteiger charge is -2.45. The second-order valence-electron chi connectivity index (χ2n) is 8.12. The molecule has 0 spiro atoms. The molecule has 2 saturated heterocycles. The normalized spacial score (nSPS) is 28.4. The molecule has 2 fully saturated rings. The summed E-state index contributed by atoms with van der Waals surface area (Å²) >= 11 is 15.3. The van der Waals surface area contributed by atoms with E-state index in [1.54, 1.807) is 0 Å². The van der Waals surface area contributed by atoms with Gasteiger partial charge in [-0.25, -0.2) is 0 Å². The van der Waals surface area contributed by atoms with Gasteiger partial charge in [0.05, 0.1) is 34.9 Å². The molecule has 0 amide bonds. The zero-order valence-corrected chi connectivity index (χ0v) is 17.7. The van der Waals surface area contributed by atoms with E-state index >= 15 is 0 Å². The van der Waals surface area contributed by atoms with Crippen LogP contribution in [0.4, 0.5) is 0 Å². The van der Waals surface area contributed by atoms with E-state index in [2.05, 4.69) is 14.1 Å². The van der Waals surface area contributed by atoms with Crippen LogP contribution in [0.3, 0.4) is 0 Å². The molecule has 0 radical (unpaired) electrons. The summed E-state index contributed by atoms with van der Waals surface area (Å²) in [4.78, 5) is 1.87. The van der Waals surface area contributed by atoms with Gasteiger partial charge in [-0.2, -0.15) is 0 Å². The molecular formula is C19H24Cl2NOS2+. The average Bonchev–Trinajstić information content (AvgIpc) is 3.18. The summed E-state index contributed by atoms with van der Waals surface area (Å²) < 4.78 is 2.60. The monoisotopic (exact) mass is 416 g/mol. The van der Waals surface area contributed by atoms with Gasteiger partial charge in [0.2, 0.25) is 0 Å². The van der Waals surface area contributed by atoms with E-state index < -0.39 is 5.60 Å². The van der Waals surface area contributed by atoms with Gasteiger partial charge in [-0.1, -0.05) is 23.2 Å². The van der Waals surface area contributed by atoms with Gasteiger partial charge in [-0.3, -0.25) is 0 Å². The Hall–Kier alpha value is -0.100. The smallest absolute Gasteiger partial charge is 0.133 e. The average molecular weight is 417 g/mol. The van der Waals surface area contributed by atoms with Crippen molar-refractivity contribution in [1.82, 2.24) is 0 Å². The van der Waals surface area contributed by atoms with Crippen LogP contribution in [0.1, 0.15) is 41.9 Å². The number of quaternary nitrogens is 1. The first-order chi connectivity index (χ1) is 11.8. The maximum Gasteiger partial charge on any atom is 0.133 e. The highest BCUT2D eigenvalue weighted by Crippen LogP contribution is 2.49. The largest absolute Gasteiger partial charge is 0.379 e. The standard InChI is InChI=1S/C19H24Cl2NOS2/c1-22(2)13-3-4-14(22)10-12(9-13)11-19(23,15-5-7-17(20)24-15)16-6-8-18(21)25-16/h5-8,12-14,23H,3-4,9-11H2,1-2H3/q+1. The molecular weight excluding hydrogens is 393 g/mol. The first-order valence-electron chi connectivity index (χ1n) is 8.86. The Morgan fingerprint density at radius 2 is 1.48 bits per heavy atom. The summed E-state index contributed by atoms with van der Waals surface area (Å²) in [5.41, 5.74) is -0.978. The topological polar surface area (TPSA) is 20.2 Å². The Bertz CT molecular complexity index is 713. The van der Waals surface area contributed by atoms with Crippen LogP contribution in [-0.2, 0) is 5.60 Å². The number of hydrogen-bond donors (Lipinski definition) is 1. The number of piperidine rings is 1. The lowest BCUT2D eigenvalue weighted by molar-refractivity contribution is -0.931. The van der Waals surface area contributed by atoms with Crippen LogP contribution in [-0.4, -0.2) is 35.8 Å². The first-order valence-corrected chi connectivity index (χ1v) is 11.3. The second kappa shape index (κ2) is 6.50. The van der Waals surface area contributed by atoms with Crippen LogP contribution in [0.2, 0.25) is 8.67 Å². The van der Waals surface area contributed by atoms with Gasteiger partial charge < -0.3 is 9.59 Å². The van der Waals surface area contributed by atoms with Crippen LogP contribution in [0, 0.1) is 5.92 Å². The van der Waals surface area contributed by atoms with Crippen LogP contribution >= 0.6 is 45.9 Å². The number of hydrogen-bond acceptors (Lipinski definition) is 3. The zero-order chi connectivity index (χ0) is 17.8. The highest BCUT2D eigenvalue weighted by molar-refractivity contribution is 7.17. The van der Waals surface area contributed by atoms with E-state index in [1.165, 1.54) is 48.4 Å². The van der Waals surface area contributed by atoms with Crippen LogP contribution in [0.15, 0.2) is 24.3 Å². The molecule has 4 heterocycles. The molecule has 0 aromatic carbocycles. The molecule has 2 bridgehead atoms. The van der Waals surface area contributed by atoms with Crippen molar-refractivity contribution in [2.45, 2.75) is 49.8 Å². The maximum absolute atomic E-state index is 11.8. The Kier molecular flexibility index (Phi) is 4.75. The molecule has 0 saturated carbocycles. The molecule has 2 aliphatic heterocycles. The number of thiophene rings is 2. The van der Waals surface area contributed by atoms with Gasteiger partial charge in [0, 0.05) is 35.4 Å². The molecule has 2 atom stereocenters. The van der Waals surface area contributed by atoms with Crippen LogP contribution in [0.5, 0.6) is 0 Å². The molecule has 136 valence electrons. The first kappa shape index (κ1) is 18.3. The van der Waals surface area contributed by atoms with Crippen molar-refractivity contribution in [1.29, 1.82) is 0 Å². The summed E-state index contributed by atoms with van der Waals surface area (Å²) in [6.07, 6.45) is 5.80. The minimum atomic E-state index is -0.978. The van der Waals surface area contributed by atoms with Crippen molar-refractivity contribution >= 4 is 45.9 Å². The number of fused-ring (bicyclic) bond motifs is 2. The summed E-state index contributed by atoms with van der Waals surface area (Å²) in [7, 11) is 4.76. The predicted molar refractivity (Wildman–Crippen MR) is 108 cm³/mol. The number of nitrogens with zero attached hydrogens (tertiary/aromatic N) is 1. The van der Waals surface area contributed by atoms with E-state index in [4.69, 9.17) is 23.2 Å². The van der Waals surface area contributed by atoms with Gasteiger partial charge in [0.15, 0.2) is 0 Å². The quantitative estimate of drug-likeness (QED) is 0.627. The van der Waals surface area contributed by atoms with Crippen molar-refractivity contribution in [2.24, 2.45) is 5.92 Å². The van der Waals surface area contributed by atoms with Crippen LogP contribution in [0.25, 0.3) is 0 Å². The molecule has 4 rings (SSSR count). The minimum absolute atomic E-state index is 0.537. The van der Waals surface area contributed by atoms with Gasteiger partial charge >= 0.3 is 0 Å². The van der Waals surface area contributed by atoms with Crippen molar-refractivity contribution in [3.8, 4) is 0 Å². The van der Waals surface area contributed by atoms with Crippen molar-refractivity contribution in [3.05, 3.63) is 42.7 Å². The predicted octanol–water partition coefficient (Wildman–Crippen LogP) is 5.76. The minimum Gasteiger partial charge on any atom is -0.379 e. The third-order valence-electron chi connectivity index (χ3n) is 6.47. The Morgan fingerprint density at radius 3 is 1.88 bits per heavy atom. The highest BCUT2D eigenvalue weighted by Gasteiger charge is 2.50. The Balaban J connectivity index is 1.64. The molecule has 25 heavy (non-hydrogen) atoms. The van der Waals surface area contributed by atoms with Crippen molar-refractivity contribution < 1.29 is 9.59 Å².